The number of halogens is 4. The van der Waals surface area contributed by atoms with E-state index in [1.807, 2.05) is 6.07 Å². The van der Waals surface area contributed by atoms with Gasteiger partial charge in [0.2, 0.25) is 11.8 Å². The van der Waals surface area contributed by atoms with E-state index in [4.69, 9.17) is 16.9 Å². The van der Waals surface area contributed by atoms with Gasteiger partial charge in [-0.05, 0) is 30.3 Å². The first-order valence-corrected chi connectivity index (χ1v) is 7.95. The van der Waals surface area contributed by atoms with Crippen molar-refractivity contribution in [2.45, 2.75) is 13.1 Å². The molecule has 0 spiro atoms. The number of hydrogen-bond donors (Lipinski definition) is 1. The monoisotopic (exact) mass is 395 g/mol. The van der Waals surface area contributed by atoms with Crippen molar-refractivity contribution >= 4 is 34.8 Å². The fraction of sp³-hybridized carbons (Fsp3) is 0.167. The summed E-state index contributed by atoms with van der Waals surface area (Å²) in [7, 11) is 0. The third kappa shape index (κ3) is 4.99. The van der Waals surface area contributed by atoms with Crippen molar-refractivity contribution in [3.63, 3.8) is 0 Å². The number of nitrogens with zero attached hydrogens (tertiary/aromatic N) is 2. The van der Waals surface area contributed by atoms with E-state index in [-0.39, 0.29) is 22.0 Å². The number of nitrogens with one attached hydrogen (secondary N) is 1. The van der Waals surface area contributed by atoms with Crippen LogP contribution in [0.5, 0.6) is 0 Å². The fourth-order valence-corrected chi connectivity index (χ4v) is 2.50. The first-order valence-electron chi connectivity index (χ1n) is 7.57. The molecule has 2 aromatic rings. The van der Waals surface area contributed by atoms with Crippen LogP contribution in [-0.2, 0) is 15.8 Å². The van der Waals surface area contributed by atoms with Crippen molar-refractivity contribution in [2.75, 3.05) is 16.8 Å². The van der Waals surface area contributed by atoms with Gasteiger partial charge in [-0.15, -0.1) is 0 Å². The van der Waals surface area contributed by atoms with E-state index >= 15 is 0 Å². The minimum absolute atomic E-state index is 0.108. The molecule has 0 radical (unpaired) electrons. The molecule has 0 aliphatic carbocycles. The summed E-state index contributed by atoms with van der Waals surface area (Å²) in [6.45, 7) is 0.531. The van der Waals surface area contributed by atoms with Gasteiger partial charge in [0, 0.05) is 6.92 Å². The number of nitriles is 1. The van der Waals surface area contributed by atoms with Gasteiger partial charge in [-0.1, -0.05) is 23.7 Å². The molecule has 2 aromatic carbocycles. The molecular weight excluding hydrogens is 383 g/mol. The van der Waals surface area contributed by atoms with Gasteiger partial charge in [0.05, 0.1) is 27.5 Å². The molecule has 140 valence electrons. The van der Waals surface area contributed by atoms with Crippen LogP contribution in [0.15, 0.2) is 42.5 Å². The highest BCUT2D eigenvalue weighted by Gasteiger charge is 2.32. The molecule has 27 heavy (non-hydrogen) atoms. The predicted molar refractivity (Wildman–Crippen MR) is 94.3 cm³/mol. The summed E-state index contributed by atoms with van der Waals surface area (Å²) >= 11 is 5.94. The lowest BCUT2D eigenvalue weighted by Crippen LogP contribution is -2.37. The van der Waals surface area contributed by atoms with E-state index in [0.717, 1.165) is 24.0 Å². The summed E-state index contributed by atoms with van der Waals surface area (Å²) in [6.07, 6.45) is -4.63. The highest BCUT2D eigenvalue weighted by Crippen LogP contribution is 2.35. The fourth-order valence-electron chi connectivity index (χ4n) is 2.28. The number of para-hydroxylation sites is 1. The maximum absolute atomic E-state index is 12.9. The average Bonchev–Trinajstić information content (AvgIpc) is 2.59. The molecular formula is C18H13ClF3N3O2. The predicted octanol–water partition coefficient (Wildman–Crippen LogP) is 4.22. The first kappa shape index (κ1) is 20.3. The van der Waals surface area contributed by atoms with Crippen molar-refractivity contribution < 1.29 is 22.8 Å². The first-order chi connectivity index (χ1) is 12.6. The van der Waals surface area contributed by atoms with Gasteiger partial charge in [-0.25, -0.2) is 0 Å². The van der Waals surface area contributed by atoms with E-state index in [2.05, 4.69) is 5.32 Å². The summed E-state index contributed by atoms with van der Waals surface area (Å²) in [4.78, 5) is 25.0. The van der Waals surface area contributed by atoms with Crippen LogP contribution in [0.1, 0.15) is 18.1 Å². The average molecular weight is 396 g/mol. The molecule has 1 N–H and O–H groups in total. The number of amides is 2. The van der Waals surface area contributed by atoms with Crippen LogP contribution in [0.25, 0.3) is 0 Å². The lowest BCUT2D eigenvalue weighted by Gasteiger charge is -2.23. The number of rotatable bonds is 4. The minimum Gasteiger partial charge on any atom is -0.323 e. The summed E-state index contributed by atoms with van der Waals surface area (Å²) < 4.78 is 38.8. The maximum atomic E-state index is 12.9. The molecule has 2 amide bonds. The minimum atomic E-state index is -4.63. The summed E-state index contributed by atoms with van der Waals surface area (Å²) in [5, 5.41) is 11.4. The molecule has 0 fully saturated rings. The molecule has 0 bridgehead atoms. The zero-order valence-electron chi connectivity index (χ0n) is 14.0. The Labute approximate surface area is 158 Å². The molecule has 9 heteroatoms. The molecule has 5 nitrogen and oxygen atoms in total. The molecule has 0 atom stereocenters. The maximum Gasteiger partial charge on any atom is 0.416 e. The normalized spacial score (nSPS) is 10.8. The molecule has 2 rings (SSSR count). The Hall–Kier alpha value is -3.05. The molecule has 0 heterocycles. The molecule has 0 aliphatic heterocycles. The van der Waals surface area contributed by atoms with Crippen LogP contribution < -0.4 is 10.2 Å². The number of benzene rings is 2. The summed E-state index contributed by atoms with van der Waals surface area (Å²) in [6, 6.07) is 10.6. The largest absolute Gasteiger partial charge is 0.416 e. The topological polar surface area (TPSA) is 73.2 Å². The van der Waals surface area contributed by atoms with Crippen LogP contribution in [0.3, 0.4) is 0 Å². The number of alkyl halides is 3. The van der Waals surface area contributed by atoms with Gasteiger partial charge in [-0.2, -0.15) is 18.4 Å². The lowest BCUT2D eigenvalue weighted by molar-refractivity contribution is -0.137. The molecule has 0 saturated heterocycles. The van der Waals surface area contributed by atoms with E-state index in [1.165, 1.54) is 12.1 Å². The zero-order chi connectivity index (χ0) is 20.2. The van der Waals surface area contributed by atoms with Gasteiger partial charge in [0.25, 0.3) is 0 Å². The summed E-state index contributed by atoms with van der Waals surface area (Å²) in [5.41, 5.74) is -0.799. The highest BCUT2D eigenvalue weighted by atomic mass is 35.5. The number of hydrogen-bond acceptors (Lipinski definition) is 3. The Balaban J connectivity index is 2.30. The van der Waals surface area contributed by atoms with Gasteiger partial charge in [-0.3, -0.25) is 9.59 Å². The molecule has 0 saturated carbocycles. The zero-order valence-corrected chi connectivity index (χ0v) is 14.7. The molecule has 0 aliphatic rings. The van der Waals surface area contributed by atoms with Crippen LogP contribution in [0, 0.1) is 11.3 Å². The second-order valence-corrected chi connectivity index (χ2v) is 5.88. The third-order valence-electron chi connectivity index (χ3n) is 3.57. The molecule has 0 unspecified atom stereocenters. The highest BCUT2D eigenvalue weighted by molar-refractivity contribution is 6.34. The SMILES string of the molecule is CC(=O)N(CC(=O)Nc1ccccc1C#N)c1cc(C(F)(F)F)ccc1Cl. The standard InChI is InChI=1S/C18H13ClF3N3O2/c1-11(26)25(16-8-13(18(20,21)22)6-7-14(16)19)10-17(27)24-15-5-3-2-4-12(15)9-23/h2-8H,10H2,1H3,(H,24,27). The number of carbonyl (C=O) groups is 2. The van der Waals surface area contributed by atoms with Crippen LogP contribution >= 0.6 is 11.6 Å². The van der Waals surface area contributed by atoms with Crippen LogP contribution in [0.2, 0.25) is 5.02 Å². The summed E-state index contributed by atoms with van der Waals surface area (Å²) in [5.74, 6) is -1.36. The second-order valence-electron chi connectivity index (χ2n) is 5.47. The Kier molecular flexibility index (Phi) is 6.08. The van der Waals surface area contributed by atoms with Gasteiger partial charge < -0.3 is 10.2 Å². The second kappa shape index (κ2) is 8.10. The van der Waals surface area contributed by atoms with Crippen molar-refractivity contribution in [3.05, 3.63) is 58.6 Å². The Morgan fingerprint density at radius 2 is 1.89 bits per heavy atom. The quantitative estimate of drug-likeness (QED) is 0.842. The smallest absolute Gasteiger partial charge is 0.323 e. The number of carbonyl (C=O) groups excluding carboxylic acids is 2. The van der Waals surface area contributed by atoms with E-state index in [0.29, 0.717) is 6.07 Å². The van der Waals surface area contributed by atoms with Gasteiger partial charge in [0.15, 0.2) is 0 Å². The third-order valence-corrected chi connectivity index (χ3v) is 3.89. The van der Waals surface area contributed by atoms with E-state index in [9.17, 15) is 22.8 Å². The van der Waals surface area contributed by atoms with Crippen molar-refractivity contribution in [1.29, 1.82) is 5.26 Å². The lowest BCUT2D eigenvalue weighted by atomic mass is 10.1. The van der Waals surface area contributed by atoms with Gasteiger partial charge in [0.1, 0.15) is 12.6 Å². The number of anilines is 2. The van der Waals surface area contributed by atoms with Crippen molar-refractivity contribution in [1.82, 2.24) is 0 Å². The van der Waals surface area contributed by atoms with Crippen LogP contribution in [0.4, 0.5) is 24.5 Å². The Bertz CT molecular complexity index is 923. The van der Waals surface area contributed by atoms with Gasteiger partial charge >= 0.3 is 6.18 Å². The Morgan fingerprint density at radius 1 is 1.22 bits per heavy atom. The van der Waals surface area contributed by atoms with Crippen LogP contribution in [-0.4, -0.2) is 18.4 Å². The van der Waals surface area contributed by atoms with Crippen molar-refractivity contribution in [2.24, 2.45) is 0 Å². The molecule has 0 aromatic heterocycles. The van der Waals surface area contributed by atoms with E-state index in [1.54, 1.807) is 12.1 Å². The van der Waals surface area contributed by atoms with Crippen molar-refractivity contribution in [3.8, 4) is 6.07 Å². The van der Waals surface area contributed by atoms with E-state index < -0.39 is 30.1 Å². The Morgan fingerprint density at radius 3 is 2.48 bits per heavy atom.